The van der Waals surface area contributed by atoms with Crippen LogP contribution in [0.15, 0.2) is 42.5 Å². The molecule has 2 aromatic rings. The number of rotatable bonds is 1. The van der Waals surface area contributed by atoms with Crippen molar-refractivity contribution in [2.24, 2.45) is 0 Å². The highest BCUT2D eigenvalue weighted by Gasteiger charge is 2.24. The zero-order chi connectivity index (χ0) is 13.7. The quantitative estimate of drug-likeness (QED) is 0.820. The van der Waals surface area contributed by atoms with Crippen molar-refractivity contribution < 1.29 is 10.2 Å². The summed E-state index contributed by atoms with van der Waals surface area (Å²) in [4.78, 5) is 0. The van der Waals surface area contributed by atoms with Gasteiger partial charge >= 0.3 is 0 Å². The van der Waals surface area contributed by atoms with Crippen molar-refractivity contribution in [3.63, 3.8) is 0 Å². The molecule has 4 rings (SSSR count). The predicted molar refractivity (Wildman–Crippen MR) is 79.8 cm³/mol. The Balaban J connectivity index is 1.89. The van der Waals surface area contributed by atoms with Crippen LogP contribution in [0, 0.1) is 0 Å². The van der Waals surface area contributed by atoms with Crippen LogP contribution in [0.1, 0.15) is 33.7 Å². The number of benzene rings is 2. The molecule has 0 saturated heterocycles. The summed E-state index contributed by atoms with van der Waals surface area (Å²) in [6.07, 6.45) is 9.32. The highest BCUT2D eigenvalue weighted by atomic mass is 16.3. The Morgan fingerprint density at radius 2 is 1.80 bits per heavy atom. The van der Waals surface area contributed by atoms with Gasteiger partial charge in [-0.3, -0.25) is 0 Å². The number of fused-ring (bicyclic) bond motifs is 2. The molecule has 0 aromatic heterocycles. The van der Waals surface area contributed by atoms with Gasteiger partial charge in [-0.05, 0) is 58.5 Å². The molecular formula is C18H14O2. The van der Waals surface area contributed by atoms with E-state index < -0.39 is 0 Å². The molecule has 1 unspecified atom stereocenters. The zero-order valence-electron chi connectivity index (χ0n) is 10.9. The molecule has 0 amide bonds. The van der Waals surface area contributed by atoms with Gasteiger partial charge in [-0.15, -0.1) is 0 Å². The second kappa shape index (κ2) is 4.01. The minimum atomic E-state index is 0.147. The van der Waals surface area contributed by atoms with Crippen molar-refractivity contribution in [3.05, 3.63) is 70.3 Å². The molecule has 20 heavy (non-hydrogen) atoms. The van der Waals surface area contributed by atoms with Gasteiger partial charge in [-0.25, -0.2) is 0 Å². The second-order valence-corrected chi connectivity index (χ2v) is 5.36. The molecule has 0 bridgehead atoms. The van der Waals surface area contributed by atoms with E-state index >= 15 is 0 Å². The molecular weight excluding hydrogens is 248 g/mol. The van der Waals surface area contributed by atoms with Gasteiger partial charge in [0, 0.05) is 5.92 Å². The van der Waals surface area contributed by atoms with E-state index in [2.05, 4.69) is 18.2 Å². The molecule has 0 aliphatic heterocycles. The first-order valence-corrected chi connectivity index (χ1v) is 6.76. The van der Waals surface area contributed by atoms with Crippen LogP contribution >= 0.6 is 0 Å². The Bertz CT molecular complexity index is 769. The topological polar surface area (TPSA) is 40.5 Å². The first-order valence-electron chi connectivity index (χ1n) is 6.76. The number of hydrogen-bond donors (Lipinski definition) is 2. The largest absolute Gasteiger partial charge is 0.508 e. The second-order valence-electron chi connectivity index (χ2n) is 5.36. The number of phenolic OH excluding ortho intramolecular Hbond substituents is 2. The average Bonchev–Trinajstić information content (AvgIpc) is 3.03. The van der Waals surface area contributed by atoms with Crippen molar-refractivity contribution in [1.82, 2.24) is 0 Å². The van der Waals surface area contributed by atoms with E-state index in [1.807, 2.05) is 24.3 Å². The molecule has 0 spiro atoms. The Morgan fingerprint density at radius 3 is 2.70 bits per heavy atom. The Hall–Kier alpha value is -2.48. The van der Waals surface area contributed by atoms with E-state index in [0.29, 0.717) is 5.75 Å². The lowest BCUT2D eigenvalue weighted by Crippen LogP contribution is -2.00. The number of aromatic hydroxyl groups is 2. The van der Waals surface area contributed by atoms with Gasteiger partial charge in [0.15, 0.2) is 0 Å². The maximum absolute atomic E-state index is 9.94. The average molecular weight is 262 g/mol. The summed E-state index contributed by atoms with van der Waals surface area (Å²) >= 11 is 0. The fraction of sp³-hybridized carbons (Fsp3) is 0.111. The number of hydrogen-bond acceptors (Lipinski definition) is 2. The summed E-state index contributed by atoms with van der Waals surface area (Å²) in [5.74, 6) is 0.757. The van der Waals surface area contributed by atoms with Crippen LogP contribution in [-0.2, 0) is 6.42 Å². The summed E-state index contributed by atoms with van der Waals surface area (Å²) in [5, 5.41) is 19.5. The summed E-state index contributed by atoms with van der Waals surface area (Å²) in [6.45, 7) is 0. The molecule has 0 heterocycles. The molecule has 2 aliphatic rings. The van der Waals surface area contributed by atoms with E-state index in [1.165, 1.54) is 16.7 Å². The van der Waals surface area contributed by atoms with Crippen molar-refractivity contribution in [2.45, 2.75) is 12.3 Å². The molecule has 2 aromatic carbocycles. The van der Waals surface area contributed by atoms with Crippen molar-refractivity contribution in [2.75, 3.05) is 0 Å². The summed E-state index contributed by atoms with van der Waals surface area (Å²) in [6, 6.07) is 9.16. The van der Waals surface area contributed by atoms with Gasteiger partial charge in [-0.1, -0.05) is 30.4 Å². The minimum absolute atomic E-state index is 0.147. The monoisotopic (exact) mass is 262 g/mol. The SMILES string of the molecule is Oc1ccc2c(c1)C=CC2c1cc(O)cc2c1C=CC2. The molecule has 98 valence electrons. The van der Waals surface area contributed by atoms with Crippen LogP contribution < -0.4 is 0 Å². The van der Waals surface area contributed by atoms with Crippen molar-refractivity contribution >= 4 is 12.2 Å². The van der Waals surface area contributed by atoms with E-state index in [0.717, 1.165) is 17.5 Å². The normalized spacial score (nSPS) is 18.3. The zero-order valence-corrected chi connectivity index (χ0v) is 10.9. The van der Waals surface area contributed by atoms with Gasteiger partial charge in [0.25, 0.3) is 0 Å². The maximum atomic E-state index is 9.94. The highest BCUT2D eigenvalue weighted by molar-refractivity contribution is 5.72. The predicted octanol–water partition coefficient (Wildman–Crippen LogP) is 3.83. The Labute approximate surface area is 117 Å². The fourth-order valence-corrected chi connectivity index (χ4v) is 3.22. The third kappa shape index (κ3) is 1.58. The van der Waals surface area contributed by atoms with Crippen LogP contribution in [0.5, 0.6) is 11.5 Å². The number of allylic oxidation sites excluding steroid dienone is 2. The molecule has 2 aliphatic carbocycles. The third-order valence-electron chi connectivity index (χ3n) is 4.11. The lowest BCUT2D eigenvalue weighted by molar-refractivity contribution is 0.473. The lowest BCUT2D eigenvalue weighted by atomic mass is 9.88. The molecule has 1 atom stereocenters. The first kappa shape index (κ1) is 11.4. The highest BCUT2D eigenvalue weighted by Crippen LogP contribution is 2.41. The standard InChI is InChI=1S/C18H14O2/c19-13-5-7-16-12(8-13)4-6-17(16)18-10-14(20)9-11-2-1-3-15(11)18/h1,3-10,17,19-20H,2H2. The smallest absolute Gasteiger partial charge is 0.116 e. The van der Waals surface area contributed by atoms with E-state index in [9.17, 15) is 10.2 Å². The lowest BCUT2D eigenvalue weighted by Gasteiger charge is -2.16. The van der Waals surface area contributed by atoms with Crippen LogP contribution in [0.2, 0.25) is 0 Å². The number of phenols is 2. The molecule has 0 fully saturated rings. The van der Waals surface area contributed by atoms with Gasteiger partial charge in [-0.2, -0.15) is 0 Å². The molecule has 2 nitrogen and oxygen atoms in total. The van der Waals surface area contributed by atoms with Crippen molar-refractivity contribution in [1.29, 1.82) is 0 Å². The van der Waals surface area contributed by atoms with E-state index in [1.54, 1.807) is 12.1 Å². The molecule has 0 radical (unpaired) electrons. The summed E-state index contributed by atoms with van der Waals surface area (Å²) < 4.78 is 0. The Kier molecular flexibility index (Phi) is 2.27. The van der Waals surface area contributed by atoms with Gasteiger partial charge in [0.1, 0.15) is 11.5 Å². The van der Waals surface area contributed by atoms with Gasteiger partial charge in [0.2, 0.25) is 0 Å². The van der Waals surface area contributed by atoms with Crippen LogP contribution in [0.3, 0.4) is 0 Å². The first-order chi connectivity index (χ1) is 9.72. The van der Waals surface area contributed by atoms with Gasteiger partial charge < -0.3 is 10.2 Å². The molecule has 2 heteroatoms. The molecule has 2 N–H and O–H groups in total. The van der Waals surface area contributed by atoms with Crippen LogP contribution in [-0.4, -0.2) is 10.2 Å². The van der Waals surface area contributed by atoms with Crippen LogP contribution in [0.25, 0.3) is 12.2 Å². The fourth-order valence-electron chi connectivity index (χ4n) is 3.22. The summed E-state index contributed by atoms with van der Waals surface area (Å²) in [7, 11) is 0. The Morgan fingerprint density at radius 1 is 0.900 bits per heavy atom. The van der Waals surface area contributed by atoms with Crippen LogP contribution in [0.4, 0.5) is 0 Å². The molecule has 0 saturated carbocycles. The minimum Gasteiger partial charge on any atom is -0.508 e. The van der Waals surface area contributed by atoms with E-state index in [-0.39, 0.29) is 11.7 Å². The van der Waals surface area contributed by atoms with E-state index in [4.69, 9.17) is 0 Å². The maximum Gasteiger partial charge on any atom is 0.116 e. The third-order valence-corrected chi connectivity index (χ3v) is 4.11. The van der Waals surface area contributed by atoms with Crippen molar-refractivity contribution in [3.8, 4) is 11.5 Å². The summed E-state index contributed by atoms with van der Waals surface area (Å²) in [5.41, 5.74) is 5.76. The van der Waals surface area contributed by atoms with Gasteiger partial charge in [0.05, 0.1) is 0 Å².